The maximum absolute atomic E-state index is 11.6. The average Bonchev–Trinajstić information content (AvgIpc) is 2.14. The van der Waals surface area contributed by atoms with E-state index >= 15 is 0 Å². The van der Waals surface area contributed by atoms with Crippen molar-refractivity contribution in [3.05, 3.63) is 0 Å². The largest absolute Gasteiger partial charge is 0.481 e. The van der Waals surface area contributed by atoms with Gasteiger partial charge in [-0.2, -0.15) is 0 Å². The minimum absolute atomic E-state index is 0.0987. The molecule has 5 nitrogen and oxygen atoms in total. The third kappa shape index (κ3) is 3.51. The number of carbonyl (C=O) groups is 2. The van der Waals surface area contributed by atoms with E-state index < -0.39 is 5.97 Å². The van der Waals surface area contributed by atoms with Crippen molar-refractivity contribution in [1.82, 2.24) is 9.80 Å². The summed E-state index contributed by atoms with van der Waals surface area (Å²) in [5.74, 6) is -0.713. The predicted octanol–water partition coefficient (Wildman–Crippen LogP) is 0.0137. The Morgan fingerprint density at radius 3 is 2.60 bits per heavy atom. The second-order valence-electron chi connectivity index (χ2n) is 4.10. The second kappa shape index (κ2) is 5.11. The molecule has 15 heavy (non-hydrogen) atoms. The molecule has 1 aliphatic heterocycles. The lowest BCUT2D eigenvalue weighted by Crippen LogP contribution is -2.52. The molecule has 0 spiro atoms. The van der Waals surface area contributed by atoms with Gasteiger partial charge in [0.2, 0.25) is 5.91 Å². The Kier molecular flexibility index (Phi) is 4.08. The van der Waals surface area contributed by atoms with E-state index in [9.17, 15) is 9.59 Å². The van der Waals surface area contributed by atoms with Gasteiger partial charge in [-0.3, -0.25) is 14.5 Å². The van der Waals surface area contributed by atoms with Crippen LogP contribution in [0.4, 0.5) is 0 Å². The van der Waals surface area contributed by atoms with Gasteiger partial charge in [0.1, 0.15) is 0 Å². The van der Waals surface area contributed by atoms with Crippen LogP contribution in [0.15, 0.2) is 0 Å². The van der Waals surface area contributed by atoms with Gasteiger partial charge in [-0.25, -0.2) is 0 Å². The van der Waals surface area contributed by atoms with E-state index in [0.717, 1.165) is 6.54 Å². The number of carboxylic acid groups (broad SMARTS) is 1. The summed E-state index contributed by atoms with van der Waals surface area (Å²) in [6.07, 6.45) is 0.106. The summed E-state index contributed by atoms with van der Waals surface area (Å²) in [5.41, 5.74) is 0. The van der Waals surface area contributed by atoms with Crippen molar-refractivity contribution in [1.29, 1.82) is 0 Å². The predicted molar refractivity (Wildman–Crippen MR) is 55.5 cm³/mol. The molecule has 0 aliphatic carbocycles. The molecule has 1 aliphatic rings. The lowest BCUT2D eigenvalue weighted by Gasteiger charge is -2.36. The summed E-state index contributed by atoms with van der Waals surface area (Å²) in [7, 11) is 0. The van der Waals surface area contributed by atoms with Gasteiger partial charge in [0.25, 0.3) is 0 Å². The Balaban J connectivity index is 2.37. The molecule has 0 bridgehead atoms. The zero-order chi connectivity index (χ0) is 11.4. The zero-order valence-corrected chi connectivity index (χ0v) is 9.27. The summed E-state index contributed by atoms with van der Waals surface area (Å²) in [5, 5.41) is 8.53. The average molecular weight is 214 g/mol. The number of carbonyl (C=O) groups excluding carboxylic acids is 1. The van der Waals surface area contributed by atoms with Crippen molar-refractivity contribution >= 4 is 11.9 Å². The molecule has 0 aromatic heterocycles. The molecule has 1 rings (SSSR count). The molecule has 5 heteroatoms. The molecule has 1 heterocycles. The minimum atomic E-state index is -0.811. The molecule has 0 radical (unpaired) electrons. The Morgan fingerprint density at radius 2 is 2.13 bits per heavy atom. The first-order valence-electron chi connectivity index (χ1n) is 5.24. The molecule has 0 unspecified atom stereocenters. The van der Waals surface area contributed by atoms with E-state index in [1.807, 2.05) is 23.6 Å². The van der Waals surface area contributed by atoms with Crippen LogP contribution in [-0.2, 0) is 9.59 Å². The van der Waals surface area contributed by atoms with Crippen molar-refractivity contribution < 1.29 is 14.7 Å². The standard InChI is InChI=1S/C10H18N2O3/c1-8(2)12-6-5-11(7-9(12)13)4-3-10(14)15/h8H,3-7H2,1-2H3,(H,14,15). The van der Waals surface area contributed by atoms with Crippen LogP contribution in [-0.4, -0.2) is 59.0 Å². The van der Waals surface area contributed by atoms with Crippen LogP contribution in [0, 0.1) is 0 Å². The smallest absolute Gasteiger partial charge is 0.304 e. The maximum atomic E-state index is 11.6. The third-order valence-electron chi connectivity index (χ3n) is 2.60. The van der Waals surface area contributed by atoms with Crippen LogP contribution in [0.3, 0.4) is 0 Å². The number of rotatable bonds is 4. The van der Waals surface area contributed by atoms with E-state index in [-0.39, 0.29) is 18.4 Å². The topological polar surface area (TPSA) is 60.9 Å². The van der Waals surface area contributed by atoms with Gasteiger partial charge in [0.05, 0.1) is 13.0 Å². The number of nitrogens with zero attached hydrogens (tertiary/aromatic N) is 2. The summed E-state index contributed by atoms with van der Waals surface area (Å²) in [6.45, 7) is 6.28. The molecular formula is C10H18N2O3. The SMILES string of the molecule is CC(C)N1CCN(CCC(=O)O)CC1=O. The first-order chi connectivity index (χ1) is 7.00. The molecule has 0 aromatic carbocycles. The lowest BCUT2D eigenvalue weighted by atomic mass is 10.2. The Bertz CT molecular complexity index is 253. The third-order valence-corrected chi connectivity index (χ3v) is 2.60. The number of amides is 1. The van der Waals surface area contributed by atoms with Crippen LogP contribution in [0.2, 0.25) is 0 Å². The van der Waals surface area contributed by atoms with Gasteiger partial charge in [-0.1, -0.05) is 0 Å². The van der Waals surface area contributed by atoms with Crippen molar-refractivity contribution in [2.75, 3.05) is 26.2 Å². The molecule has 0 saturated carbocycles. The molecular weight excluding hydrogens is 196 g/mol. The highest BCUT2D eigenvalue weighted by molar-refractivity contribution is 5.79. The first-order valence-corrected chi connectivity index (χ1v) is 5.24. The minimum Gasteiger partial charge on any atom is -0.481 e. The Hall–Kier alpha value is -1.10. The van der Waals surface area contributed by atoms with Gasteiger partial charge in [-0.15, -0.1) is 0 Å². The van der Waals surface area contributed by atoms with Crippen LogP contribution < -0.4 is 0 Å². The van der Waals surface area contributed by atoms with Crippen molar-refractivity contribution in [3.63, 3.8) is 0 Å². The number of hydrogen-bond donors (Lipinski definition) is 1. The van der Waals surface area contributed by atoms with Crippen LogP contribution in [0.1, 0.15) is 20.3 Å². The lowest BCUT2D eigenvalue weighted by molar-refractivity contribution is -0.141. The van der Waals surface area contributed by atoms with E-state index in [0.29, 0.717) is 19.6 Å². The summed E-state index contributed by atoms with van der Waals surface area (Å²) < 4.78 is 0. The highest BCUT2D eigenvalue weighted by Gasteiger charge is 2.25. The highest BCUT2D eigenvalue weighted by atomic mass is 16.4. The molecule has 1 fully saturated rings. The molecule has 0 atom stereocenters. The fourth-order valence-electron chi connectivity index (χ4n) is 1.73. The second-order valence-corrected chi connectivity index (χ2v) is 4.10. The Morgan fingerprint density at radius 1 is 1.47 bits per heavy atom. The number of carboxylic acids is 1. The van der Waals surface area contributed by atoms with Gasteiger partial charge < -0.3 is 10.0 Å². The van der Waals surface area contributed by atoms with Gasteiger partial charge >= 0.3 is 5.97 Å². The molecule has 1 N–H and O–H groups in total. The van der Waals surface area contributed by atoms with Crippen molar-refractivity contribution in [3.8, 4) is 0 Å². The van der Waals surface area contributed by atoms with Crippen molar-refractivity contribution in [2.45, 2.75) is 26.3 Å². The van der Waals surface area contributed by atoms with E-state index in [1.54, 1.807) is 0 Å². The van der Waals surface area contributed by atoms with E-state index in [2.05, 4.69) is 0 Å². The fourth-order valence-corrected chi connectivity index (χ4v) is 1.73. The van der Waals surface area contributed by atoms with Crippen LogP contribution in [0.25, 0.3) is 0 Å². The summed E-state index contributed by atoms with van der Waals surface area (Å²) in [6, 6.07) is 0.235. The molecule has 0 aromatic rings. The monoisotopic (exact) mass is 214 g/mol. The number of aliphatic carboxylic acids is 1. The summed E-state index contributed by atoms with van der Waals surface area (Å²) in [4.78, 5) is 25.7. The summed E-state index contributed by atoms with van der Waals surface area (Å²) >= 11 is 0. The molecule has 1 saturated heterocycles. The number of hydrogen-bond acceptors (Lipinski definition) is 3. The van der Waals surface area contributed by atoms with Crippen molar-refractivity contribution in [2.24, 2.45) is 0 Å². The zero-order valence-electron chi connectivity index (χ0n) is 9.27. The molecule has 1 amide bonds. The van der Waals surface area contributed by atoms with E-state index in [1.165, 1.54) is 0 Å². The number of piperazine rings is 1. The van der Waals surface area contributed by atoms with Gasteiger partial charge in [0.15, 0.2) is 0 Å². The van der Waals surface area contributed by atoms with Gasteiger partial charge in [-0.05, 0) is 13.8 Å². The van der Waals surface area contributed by atoms with Gasteiger partial charge in [0, 0.05) is 25.7 Å². The van der Waals surface area contributed by atoms with Crippen LogP contribution >= 0.6 is 0 Å². The fraction of sp³-hybridized carbons (Fsp3) is 0.800. The highest BCUT2D eigenvalue weighted by Crippen LogP contribution is 2.07. The van der Waals surface area contributed by atoms with Crippen LogP contribution in [0.5, 0.6) is 0 Å². The quantitative estimate of drug-likeness (QED) is 0.716. The Labute approximate surface area is 89.7 Å². The van der Waals surface area contributed by atoms with E-state index in [4.69, 9.17) is 5.11 Å². The first kappa shape index (κ1) is 12.0. The molecule has 86 valence electrons. The maximum Gasteiger partial charge on any atom is 0.304 e. The normalized spacial score (nSPS) is 18.6.